The molecule has 2 heterocycles. The van der Waals surface area contributed by atoms with Crippen molar-refractivity contribution >= 4 is 14.2 Å². The van der Waals surface area contributed by atoms with Crippen LogP contribution in [0.4, 0.5) is 4.39 Å². The summed E-state index contributed by atoms with van der Waals surface area (Å²) in [6, 6.07) is 2.42. The van der Waals surface area contributed by atoms with E-state index in [-0.39, 0.29) is 11.6 Å². The van der Waals surface area contributed by atoms with Crippen LogP contribution >= 0.6 is 0 Å². The Labute approximate surface area is 139 Å². The van der Waals surface area contributed by atoms with Gasteiger partial charge in [0.1, 0.15) is 17.6 Å². The molecule has 1 N–H and O–H groups in total. The lowest BCUT2D eigenvalue weighted by molar-refractivity contribution is -0.141. The quantitative estimate of drug-likeness (QED) is 0.631. The van der Waals surface area contributed by atoms with Crippen LogP contribution in [0.15, 0.2) is 18.3 Å². The number of carbonyl (C=O) groups is 1. The molecule has 6 heteroatoms. The van der Waals surface area contributed by atoms with E-state index in [0.29, 0.717) is 16.6 Å². The monoisotopic (exact) mass is 338 g/mol. The van der Waals surface area contributed by atoms with E-state index in [2.05, 4.69) is 51.8 Å². The second-order valence-electron chi connectivity index (χ2n) is 7.21. The molecule has 2 atom stereocenters. The van der Waals surface area contributed by atoms with E-state index in [0.717, 1.165) is 0 Å². The number of pyridine rings is 1. The maximum Gasteiger partial charge on any atom is 0.251 e. The molecule has 23 heavy (non-hydrogen) atoms. The van der Waals surface area contributed by atoms with Gasteiger partial charge in [-0.1, -0.05) is 41.5 Å². The summed E-state index contributed by atoms with van der Waals surface area (Å²) < 4.78 is 20.5. The zero-order valence-electron chi connectivity index (χ0n) is 14.8. The molecule has 1 aliphatic rings. The van der Waals surface area contributed by atoms with Crippen molar-refractivity contribution in [2.24, 2.45) is 0 Å². The summed E-state index contributed by atoms with van der Waals surface area (Å²) >= 11 is 0. The van der Waals surface area contributed by atoms with Gasteiger partial charge in [-0.15, -0.1) is 0 Å². The standard InChI is InChI=1S/C17H27FN2O2Si/c1-10(2)23(11(3)4,12(5)6)22-16-15(20-17(16)21)14-13(18)8-7-9-19-14/h7-12,15-16H,1-6H3,(H,20,21). The van der Waals surface area contributed by atoms with Gasteiger partial charge in [-0.2, -0.15) is 0 Å². The normalized spacial score (nSPS) is 21.7. The minimum atomic E-state index is -2.21. The van der Waals surface area contributed by atoms with Gasteiger partial charge in [-0.25, -0.2) is 4.39 Å². The fourth-order valence-corrected chi connectivity index (χ4v) is 9.45. The first-order valence-corrected chi connectivity index (χ1v) is 10.4. The molecule has 1 amide bonds. The molecule has 2 unspecified atom stereocenters. The SMILES string of the molecule is CC(C)[Si](OC1C(=O)NC1c1ncccc1F)(C(C)C)C(C)C. The molecule has 0 spiro atoms. The summed E-state index contributed by atoms with van der Waals surface area (Å²) in [7, 11) is -2.21. The molecular weight excluding hydrogens is 311 g/mol. The minimum Gasteiger partial charge on any atom is -0.402 e. The van der Waals surface area contributed by atoms with Gasteiger partial charge >= 0.3 is 0 Å². The molecule has 0 aromatic carbocycles. The fourth-order valence-electron chi connectivity index (χ4n) is 3.95. The van der Waals surface area contributed by atoms with E-state index in [4.69, 9.17) is 4.43 Å². The van der Waals surface area contributed by atoms with Crippen molar-refractivity contribution in [3.8, 4) is 0 Å². The molecule has 1 aromatic heterocycles. The molecule has 1 aliphatic heterocycles. The molecule has 1 fully saturated rings. The molecule has 128 valence electrons. The Bertz CT molecular complexity index is 556. The Hall–Kier alpha value is -1.27. The lowest BCUT2D eigenvalue weighted by atomic mass is 9.98. The van der Waals surface area contributed by atoms with E-state index >= 15 is 0 Å². The van der Waals surface area contributed by atoms with Crippen LogP contribution in [0.1, 0.15) is 53.3 Å². The molecule has 1 saturated heterocycles. The Balaban J connectivity index is 2.32. The third-order valence-corrected chi connectivity index (χ3v) is 11.1. The first-order valence-electron chi connectivity index (χ1n) is 8.30. The number of hydrogen-bond acceptors (Lipinski definition) is 3. The number of hydrogen-bond donors (Lipinski definition) is 1. The Morgan fingerprint density at radius 1 is 1.17 bits per heavy atom. The second kappa shape index (κ2) is 6.69. The highest BCUT2D eigenvalue weighted by Gasteiger charge is 2.53. The van der Waals surface area contributed by atoms with Gasteiger partial charge < -0.3 is 9.74 Å². The van der Waals surface area contributed by atoms with Gasteiger partial charge in [0.15, 0.2) is 6.10 Å². The summed E-state index contributed by atoms with van der Waals surface area (Å²) in [4.78, 5) is 16.2. The largest absolute Gasteiger partial charge is 0.402 e. The van der Waals surface area contributed by atoms with Crippen molar-refractivity contribution in [2.75, 3.05) is 0 Å². The lowest BCUT2D eigenvalue weighted by Crippen LogP contribution is -2.63. The number of β-lactam (4-membered cyclic amide) rings is 1. The van der Waals surface area contributed by atoms with Crippen LogP contribution in [0.2, 0.25) is 16.6 Å². The van der Waals surface area contributed by atoms with E-state index in [1.165, 1.54) is 12.3 Å². The molecule has 4 nitrogen and oxygen atoms in total. The third kappa shape index (κ3) is 3.06. The van der Waals surface area contributed by atoms with Crippen molar-refractivity contribution in [3.63, 3.8) is 0 Å². The van der Waals surface area contributed by atoms with Crippen LogP contribution in [0.3, 0.4) is 0 Å². The number of rotatable bonds is 6. The van der Waals surface area contributed by atoms with Crippen LogP contribution in [-0.4, -0.2) is 25.3 Å². The minimum absolute atomic E-state index is 0.168. The fraction of sp³-hybridized carbons (Fsp3) is 0.647. The van der Waals surface area contributed by atoms with Gasteiger partial charge in [-0.05, 0) is 28.8 Å². The molecular formula is C17H27FN2O2Si. The van der Waals surface area contributed by atoms with Gasteiger partial charge in [0.2, 0.25) is 8.32 Å². The average molecular weight is 338 g/mol. The van der Waals surface area contributed by atoms with Crippen LogP contribution < -0.4 is 5.32 Å². The Morgan fingerprint density at radius 2 is 1.74 bits per heavy atom. The van der Waals surface area contributed by atoms with Crippen molar-refractivity contribution < 1.29 is 13.6 Å². The van der Waals surface area contributed by atoms with Gasteiger partial charge in [-0.3, -0.25) is 9.78 Å². The molecule has 0 saturated carbocycles. The Morgan fingerprint density at radius 3 is 2.17 bits per heavy atom. The summed E-state index contributed by atoms with van der Waals surface area (Å²) in [5.74, 6) is -0.573. The summed E-state index contributed by atoms with van der Waals surface area (Å²) in [5.41, 5.74) is 1.36. The van der Waals surface area contributed by atoms with Gasteiger partial charge in [0.25, 0.3) is 5.91 Å². The van der Waals surface area contributed by atoms with Gasteiger partial charge in [0.05, 0.1) is 0 Å². The number of carbonyl (C=O) groups excluding carboxylic acids is 1. The number of nitrogens with one attached hydrogen (secondary N) is 1. The summed E-state index contributed by atoms with van der Waals surface area (Å²) in [6.07, 6.45) is 0.899. The maximum atomic E-state index is 14.0. The van der Waals surface area contributed by atoms with Crippen LogP contribution in [-0.2, 0) is 9.22 Å². The second-order valence-corrected chi connectivity index (χ2v) is 12.6. The van der Waals surface area contributed by atoms with Crippen LogP contribution in [0.5, 0.6) is 0 Å². The molecule has 0 aliphatic carbocycles. The van der Waals surface area contributed by atoms with Crippen LogP contribution in [0, 0.1) is 5.82 Å². The molecule has 0 radical (unpaired) electrons. The lowest BCUT2D eigenvalue weighted by Gasteiger charge is -2.48. The summed E-state index contributed by atoms with van der Waals surface area (Å²) in [6.45, 7) is 13.0. The van der Waals surface area contributed by atoms with E-state index in [1.807, 2.05) is 0 Å². The zero-order valence-corrected chi connectivity index (χ0v) is 15.8. The predicted molar refractivity (Wildman–Crippen MR) is 91.0 cm³/mol. The predicted octanol–water partition coefficient (Wildman–Crippen LogP) is 3.95. The first-order chi connectivity index (χ1) is 10.7. The van der Waals surface area contributed by atoms with E-state index in [1.54, 1.807) is 6.07 Å². The van der Waals surface area contributed by atoms with E-state index in [9.17, 15) is 9.18 Å². The van der Waals surface area contributed by atoms with Gasteiger partial charge in [0, 0.05) is 6.20 Å². The Kier molecular flexibility index (Phi) is 5.26. The third-order valence-electron chi connectivity index (χ3n) is 4.98. The van der Waals surface area contributed by atoms with Crippen molar-refractivity contribution in [2.45, 2.75) is 70.3 Å². The molecule has 2 rings (SSSR count). The molecule has 0 bridgehead atoms. The number of nitrogens with zero attached hydrogens (tertiary/aromatic N) is 1. The average Bonchev–Trinajstić information content (AvgIpc) is 2.45. The highest BCUT2D eigenvalue weighted by molar-refractivity contribution is 6.77. The maximum absolute atomic E-state index is 14.0. The highest BCUT2D eigenvalue weighted by Crippen LogP contribution is 2.45. The molecule has 1 aromatic rings. The topological polar surface area (TPSA) is 51.2 Å². The summed E-state index contributed by atoms with van der Waals surface area (Å²) in [5, 5.41) is 2.75. The van der Waals surface area contributed by atoms with E-state index < -0.39 is 26.3 Å². The highest BCUT2D eigenvalue weighted by atomic mass is 28.4. The first kappa shape index (κ1) is 18.1. The number of amides is 1. The zero-order chi connectivity index (χ0) is 17.4. The van der Waals surface area contributed by atoms with Crippen molar-refractivity contribution in [1.29, 1.82) is 0 Å². The van der Waals surface area contributed by atoms with Crippen molar-refractivity contribution in [3.05, 3.63) is 29.8 Å². The smallest absolute Gasteiger partial charge is 0.251 e. The van der Waals surface area contributed by atoms with Crippen molar-refractivity contribution in [1.82, 2.24) is 10.3 Å². The van der Waals surface area contributed by atoms with Crippen LogP contribution in [0.25, 0.3) is 0 Å². The number of aromatic nitrogens is 1. The number of halogens is 1.